The smallest absolute Gasteiger partial charge is 0.0494 e. The summed E-state index contributed by atoms with van der Waals surface area (Å²) in [5.74, 6) is 0. The first-order chi connectivity index (χ1) is 26.6. The van der Waals surface area contributed by atoms with Crippen LogP contribution in [0.3, 0.4) is 0 Å². The molecule has 256 valence electrons. The van der Waals surface area contributed by atoms with E-state index in [9.17, 15) is 0 Å². The zero-order valence-corrected chi connectivity index (χ0v) is 30.3. The van der Waals surface area contributed by atoms with E-state index in [4.69, 9.17) is 0 Å². The maximum atomic E-state index is 2.46. The van der Waals surface area contributed by atoms with E-state index in [1.54, 1.807) is 0 Å². The molecule has 0 aliphatic heterocycles. The number of aryl methyl sites for hydroxylation is 2. The van der Waals surface area contributed by atoms with Crippen molar-refractivity contribution in [1.29, 1.82) is 0 Å². The summed E-state index contributed by atoms with van der Waals surface area (Å²) in [4.78, 5) is 0. The second kappa shape index (κ2) is 11.8. The lowest BCUT2D eigenvalue weighted by molar-refractivity contribution is 0.869. The average Bonchev–Trinajstić information content (AvgIpc) is 3.82. The van der Waals surface area contributed by atoms with Gasteiger partial charge in [0, 0.05) is 86.1 Å². The van der Waals surface area contributed by atoms with Crippen LogP contribution in [-0.2, 0) is 20.6 Å². The molecule has 0 saturated carbocycles. The van der Waals surface area contributed by atoms with E-state index < -0.39 is 0 Å². The number of nitrogens with zero attached hydrogens (tertiary/aromatic N) is 3. The van der Waals surface area contributed by atoms with Crippen LogP contribution in [0.4, 0.5) is 0 Å². The van der Waals surface area contributed by atoms with Crippen molar-refractivity contribution in [3.8, 4) is 33.4 Å². The fourth-order valence-corrected chi connectivity index (χ4v) is 8.99. The Kier molecular flexibility index (Phi) is 6.74. The summed E-state index contributed by atoms with van der Waals surface area (Å²) in [6.45, 7) is 0.830. The first-order valence-electron chi connectivity index (χ1n) is 18.7. The molecule has 0 aliphatic rings. The zero-order chi connectivity index (χ0) is 35.9. The Bertz CT molecular complexity index is 3120. The molecule has 0 atom stereocenters. The van der Waals surface area contributed by atoms with Gasteiger partial charge in [0.1, 0.15) is 0 Å². The van der Waals surface area contributed by atoms with Crippen LogP contribution in [0.15, 0.2) is 176 Å². The van der Waals surface area contributed by atoms with Gasteiger partial charge >= 0.3 is 0 Å². The van der Waals surface area contributed by atoms with Crippen LogP contribution in [-0.4, -0.2) is 13.7 Å². The molecule has 0 radical (unpaired) electrons. The summed E-state index contributed by atoms with van der Waals surface area (Å²) in [5, 5.41) is 7.69. The molecule has 0 N–H and O–H groups in total. The van der Waals surface area contributed by atoms with Crippen LogP contribution in [0.2, 0.25) is 0 Å². The van der Waals surface area contributed by atoms with E-state index >= 15 is 0 Å². The van der Waals surface area contributed by atoms with Crippen LogP contribution >= 0.6 is 0 Å². The van der Waals surface area contributed by atoms with Gasteiger partial charge < -0.3 is 13.7 Å². The van der Waals surface area contributed by atoms with Gasteiger partial charge in [0.2, 0.25) is 0 Å². The number of rotatable bonds is 5. The second-order valence-corrected chi connectivity index (χ2v) is 14.7. The molecule has 0 unspecified atom stereocenters. The molecule has 3 heteroatoms. The number of aromatic nitrogens is 3. The third-order valence-corrected chi connectivity index (χ3v) is 11.7. The number of hydrogen-bond donors (Lipinski definition) is 0. The van der Waals surface area contributed by atoms with Crippen molar-refractivity contribution in [2.45, 2.75) is 6.54 Å². The van der Waals surface area contributed by atoms with Crippen LogP contribution in [0.1, 0.15) is 5.56 Å². The largest absolute Gasteiger partial charge is 0.344 e. The van der Waals surface area contributed by atoms with Crippen molar-refractivity contribution in [2.24, 2.45) is 14.1 Å². The van der Waals surface area contributed by atoms with Gasteiger partial charge in [0.15, 0.2) is 0 Å². The Morgan fingerprint density at radius 2 is 0.648 bits per heavy atom. The summed E-state index contributed by atoms with van der Waals surface area (Å²) in [6.07, 6.45) is 0. The van der Waals surface area contributed by atoms with E-state index in [1.807, 2.05) is 0 Å². The van der Waals surface area contributed by atoms with E-state index in [0.29, 0.717) is 0 Å². The topological polar surface area (TPSA) is 14.8 Å². The Hall–Kier alpha value is -6.84. The minimum Gasteiger partial charge on any atom is -0.344 e. The van der Waals surface area contributed by atoms with Gasteiger partial charge in [-0.15, -0.1) is 0 Å². The van der Waals surface area contributed by atoms with Gasteiger partial charge in [-0.3, -0.25) is 0 Å². The fraction of sp³-hybridized carbons (Fsp3) is 0.0588. The third-order valence-electron chi connectivity index (χ3n) is 11.7. The lowest BCUT2D eigenvalue weighted by Gasteiger charge is -2.13. The molecule has 0 bridgehead atoms. The minimum atomic E-state index is 0.830. The summed E-state index contributed by atoms with van der Waals surface area (Å²) in [5.41, 5.74) is 16.1. The summed E-state index contributed by atoms with van der Waals surface area (Å²) in [6, 6.07) is 65.2. The van der Waals surface area contributed by atoms with E-state index in [2.05, 4.69) is 204 Å². The number of para-hydroxylation sites is 3. The summed E-state index contributed by atoms with van der Waals surface area (Å²) < 4.78 is 7.07. The van der Waals surface area contributed by atoms with Crippen molar-refractivity contribution in [1.82, 2.24) is 13.7 Å². The van der Waals surface area contributed by atoms with E-state index in [1.165, 1.54) is 104 Å². The van der Waals surface area contributed by atoms with Crippen molar-refractivity contribution in [2.75, 3.05) is 0 Å². The lowest BCUT2D eigenvalue weighted by atomic mass is 9.92. The Labute approximate surface area is 313 Å². The van der Waals surface area contributed by atoms with Gasteiger partial charge in [0.25, 0.3) is 0 Å². The predicted octanol–water partition coefficient (Wildman–Crippen LogP) is 13.1. The Morgan fingerprint density at radius 1 is 0.296 bits per heavy atom. The van der Waals surface area contributed by atoms with Gasteiger partial charge in [-0.2, -0.15) is 0 Å². The highest BCUT2D eigenvalue weighted by Crippen LogP contribution is 2.40. The molecule has 11 aromatic rings. The normalized spacial score (nSPS) is 12.0. The van der Waals surface area contributed by atoms with Gasteiger partial charge in [-0.1, -0.05) is 103 Å². The molecule has 3 heterocycles. The van der Waals surface area contributed by atoms with Gasteiger partial charge in [-0.05, 0) is 112 Å². The maximum Gasteiger partial charge on any atom is 0.0494 e. The number of fused-ring (bicyclic) bond motifs is 9. The van der Waals surface area contributed by atoms with Crippen molar-refractivity contribution in [3.05, 3.63) is 181 Å². The zero-order valence-electron chi connectivity index (χ0n) is 30.3. The molecule has 11 rings (SSSR count). The molecule has 0 saturated heterocycles. The molecule has 0 fully saturated rings. The molecule has 0 aliphatic carbocycles. The van der Waals surface area contributed by atoms with Gasteiger partial charge in [0.05, 0.1) is 0 Å². The lowest BCUT2D eigenvalue weighted by Crippen LogP contribution is -1.98. The first-order valence-corrected chi connectivity index (χ1v) is 18.7. The van der Waals surface area contributed by atoms with Gasteiger partial charge in [-0.25, -0.2) is 0 Å². The highest BCUT2D eigenvalue weighted by molar-refractivity contribution is 6.12. The van der Waals surface area contributed by atoms with Crippen LogP contribution in [0.25, 0.3) is 98.8 Å². The minimum absolute atomic E-state index is 0.830. The Morgan fingerprint density at radius 3 is 1.15 bits per heavy atom. The van der Waals surface area contributed by atoms with Crippen molar-refractivity contribution < 1.29 is 0 Å². The highest BCUT2D eigenvalue weighted by Gasteiger charge is 2.16. The third kappa shape index (κ3) is 4.68. The fourth-order valence-electron chi connectivity index (χ4n) is 8.99. The summed E-state index contributed by atoms with van der Waals surface area (Å²) >= 11 is 0. The average molecular weight is 692 g/mol. The second-order valence-electron chi connectivity index (χ2n) is 14.7. The monoisotopic (exact) mass is 691 g/mol. The van der Waals surface area contributed by atoms with Crippen LogP contribution in [0, 0.1) is 0 Å². The molecule has 0 spiro atoms. The molecular weight excluding hydrogens is 655 g/mol. The molecule has 0 amide bonds. The summed E-state index contributed by atoms with van der Waals surface area (Å²) in [7, 11) is 4.33. The number of hydrogen-bond acceptors (Lipinski definition) is 0. The molecule has 8 aromatic carbocycles. The maximum absolute atomic E-state index is 2.46. The quantitative estimate of drug-likeness (QED) is 0.171. The SMILES string of the molecule is Cn1c2ccccc2c2cc(-c3cc(-c4ccc5c(c4)c4ccccc4n5C)cc(-c4ccc5c(c4)c4ccccc4n5Cc4ccccc4)c3)ccc21. The Balaban J connectivity index is 1.13. The standard InChI is InChI=1S/C51H37N3/c1-52-46-17-9-6-14-40(46)43-29-34(20-23-48(43)52)37-26-38(35-21-24-49-44(30-35)41-15-7-10-18-47(41)53(49)2)28-39(27-37)36-22-25-51-45(31-36)42-16-8-11-19-50(42)54(51)32-33-12-4-3-5-13-33/h3-31H,32H2,1-2H3. The highest BCUT2D eigenvalue weighted by atomic mass is 15.0. The van der Waals surface area contributed by atoms with Crippen molar-refractivity contribution in [3.63, 3.8) is 0 Å². The van der Waals surface area contributed by atoms with Crippen LogP contribution < -0.4 is 0 Å². The molecule has 54 heavy (non-hydrogen) atoms. The molecular formula is C51H37N3. The van der Waals surface area contributed by atoms with E-state index in [0.717, 1.165) is 6.54 Å². The molecule has 3 aromatic heterocycles. The van der Waals surface area contributed by atoms with E-state index in [-0.39, 0.29) is 0 Å². The van der Waals surface area contributed by atoms with Crippen LogP contribution in [0.5, 0.6) is 0 Å². The molecule has 3 nitrogen and oxygen atoms in total. The van der Waals surface area contributed by atoms with Crippen molar-refractivity contribution >= 4 is 65.4 Å². The first kappa shape index (κ1) is 30.8. The number of benzene rings is 8. The predicted molar refractivity (Wildman–Crippen MR) is 229 cm³/mol.